The minimum absolute atomic E-state index is 0.0180. The molecule has 16 nitrogen and oxygen atoms in total. The van der Waals surface area contributed by atoms with Crippen LogP contribution in [0.2, 0.25) is 20.1 Å². The van der Waals surface area contributed by atoms with Gasteiger partial charge in [-0.05, 0) is 176 Å². The van der Waals surface area contributed by atoms with E-state index in [-0.39, 0.29) is 118 Å². The molecule has 0 aliphatic carbocycles. The maximum atomic E-state index is 12.4. The third-order valence-corrected chi connectivity index (χ3v) is 13.4. The number of benzene rings is 6. The number of aromatic nitrogens is 6. The zero-order valence-electron chi connectivity index (χ0n) is 41.7. The van der Waals surface area contributed by atoms with Gasteiger partial charge >= 0.3 is 34.6 Å². The normalized spacial score (nSPS) is 11.4. The minimum atomic E-state index is -4.41. The van der Waals surface area contributed by atoms with Crippen LogP contribution >= 0.6 is 81.7 Å². The van der Waals surface area contributed by atoms with Gasteiger partial charge in [0.25, 0.3) is 17.7 Å². The van der Waals surface area contributed by atoms with Crippen molar-refractivity contribution in [3.63, 3.8) is 0 Å². The van der Waals surface area contributed by atoms with Gasteiger partial charge in [0.2, 0.25) is 17.7 Å². The summed E-state index contributed by atoms with van der Waals surface area (Å²) >= 11 is 23.3. The number of halogens is 13. The zero-order valence-corrected chi connectivity index (χ0v) is 47.2. The van der Waals surface area contributed by atoms with Gasteiger partial charge in [0.15, 0.2) is 5.75 Å². The molecule has 0 fully saturated rings. The van der Waals surface area contributed by atoms with Crippen molar-refractivity contribution >= 4 is 117 Å². The van der Waals surface area contributed by atoms with Gasteiger partial charge in [-0.2, -0.15) is 39.5 Å². The molecule has 0 aliphatic heterocycles. The van der Waals surface area contributed by atoms with E-state index in [1.807, 2.05) is 13.8 Å². The average Bonchev–Trinajstić information content (AvgIpc) is 4.33. The molecule has 3 aromatic heterocycles. The number of thioether (sulfide) groups is 3. The van der Waals surface area contributed by atoms with Crippen LogP contribution in [0.4, 0.5) is 57.6 Å². The first-order valence-corrected chi connectivity index (χ1v) is 26.6. The highest BCUT2D eigenvalue weighted by atomic mass is 35.5. The average molecular weight is 1290 g/mol. The fourth-order valence-electron chi connectivity index (χ4n) is 6.66. The SMILES string of the molecule is COc1c(Cl)cc(-c2nnc(NC(=O)c3ccc(SC(F)(F)F)cc3)o2)cc1Cl.Cc1cc(Cl)cc(-c2nnc(NC(=O)c3ccc(SC(F)(F)F)cc3)o2)c1.Cc1ccc(Cl)cc1-c1nnc(NC(=O)c2ccc(SC(F)(F)F)cc2)o1. The molecular formula is C51H32Cl4F9N9O7S3. The van der Waals surface area contributed by atoms with Crippen LogP contribution in [0.5, 0.6) is 5.75 Å². The van der Waals surface area contributed by atoms with Crippen LogP contribution in [-0.2, 0) is 0 Å². The smallest absolute Gasteiger partial charge is 0.446 e. The number of nitrogens with one attached hydrogen (secondary N) is 3. The molecule has 3 N–H and O–H groups in total. The molecule has 9 aromatic rings. The Morgan fingerprint density at radius 1 is 0.458 bits per heavy atom. The van der Waals surface area contributed by atoms with Gasteiger partial charge in [-0.25, -0.2) is 0 Å². The summed E-state index contributed by atoms with van der Waals surface area (Å²) in [4.78, 5) is 36.5. The molecular weight excluding hydrogens is 1260 g/mol. The first-order valence-electron chi connectivity index (χ1n) is 22.7. The van der Waals surface area contributed by atoms with Crippen molar-refractivity contribution in [2.75, 3.05) is 23.1 Å². The number of hydrogen-bond donors (Lipinski definition) is 3. The van der Waals surface area contributed by atoms with Crippen LogP contribution in [0.25, 0.3) is 34.4 Å². The Labute approximate surface area is 494 Å². The minimum Gasteiger partial charge on any atom is -0.494 e. The van der Waals surface area contributed by atoms with Crippen LogP contribution < -0.4 is 20.7 Å². The van der Waals surface area contributed by atoms with Crippen molar-refractivity contribution in [2.24, 2.45) is 0 Å². The van der Waals surface area contributed by atoms with E-state index in [9.17, 15) is 53.9 Å². The maximum absolute atomic E-state index is 12.4. The van der Waals surface area contributed by atoms with Crippen molar-refractivity contribution in [1.82, 2.24) is 30.6 Å². The summed E-state index contributed by atoms with van der Waals surface area (Å²) in [6.45, 7) is 3.70. The van der Waals surface area contributed by atoms with E-state index in [4.69, 9.17) is 64.4 Å². The summed E-state index contributed by atoms with van der Waals surface area (Å²) in [5.41, 5.74) is -9.36. The Hall–Kier alpha value is -7.47. The van der Waals surface area contributed by atoms with E-state index in [0.29, 0.717) is 26.7 Å². The fourth-order valence-corrected chi connectivity index (χ4v) is 9.38. The topological polar surface area (TPSA) is 213 Å². The van der Waals surface area contributed by atoms with Crippen LogP contribution in [0.15, 0.2) is 149 Å². The molecule has 0 saturated heterocycles. The lowest BCUT2D eigenvalue weighted by Gasteiger charge is -2.06. The molecule has 32 heteroatoms. The summed E-state index contributed by atoms with van der Waals surface area (Å²) in [6, 6.07) is 27.7. The van der Waals surface area contributed by atoms with Gasteiger partial charge in [0.1, 0.15) is 0 Å². The predicted octanol–water partition coefficient (Wildman–Crippen LogP) is 17.0. The third kappa shape index (κ3) is 19.0. The maximum Gasteiger partial charge on any atom is 0.446 e. The van der Waals surface area contributed by atoms with Gasteiger partial charge in [-0.1, -0.05) is 67.8 Å². The number of rotatable bonds is 13. The van der Waals surface area contributed by atoms with Crippen molar-refractivity contribution < 1.29 is 71.9 Å². The van der Waals surface area contributed by atoms with E-state index < -0.39 is 34.2 Å². The molecule has 0 atom stereocenters. The van der Waals surface area contributed by atoms with Crippen LogP contribution in [0.1, 0.15) is 42.2 Å². The Balaban J connectivity index is 0.000000179. The molecule has 0 spiro atoms. The summed E-state index contributed by atoms with van der Waals surface area (Å²) in [6.07, 6.45) is 0. The number of methoxy groups -OCH3 is 1. The standard InChI is InChI=1S/C17H10Cl2F3N3O3S.2C17H11ClF3N3O2S/c1-27-13-11(18)6-9(7-12(13)19)15-24-25-16(28-15)23-14(26)8-2-4-10(5-3-8)29-17(20,21)22;1-9-2-5-11(18)8-13(9)15-23-24-16(26-15)22-14(25)10-3-6-12(7-4-10)27-17(19,20)21;1-9-6-11(8-12(18)7-9)15-23-24-16(26-15)22-14(25)10-2-4-13(5-3-10)27-17(19,20)21/h2-7H,1H3,(H,23,25,26);2*2-8H,1H3,(H,22,24,25). The molecule has 432 valence electrons. The summed E-state index contributed by atoms with van der Waals surface area (Å²) < 4.78 is 132. The van der Waals surface area contributed by atoms with E-state index in [1.54, 1.807) is 36.4 Å². The number of amides is 3. The second kappa shape index (κ2) is 27.3. The molecule has 0 aliphatic rings. The lowest BCUT2D eigenvalue weighted by atomic mass is 10.1. The zero-order chi connectivity index (χ0) is 60.4. The molecule has 6 aromatic carbocycles. The summed E-state index contributed by atoms with van der Waals surface area (Å²) in [5, 5.41) is 31.4. The summed E-state index contributed by atoms with van der Waals surface area (Å²) in [7, 11) is 1.42. The van der Waals surface area contributed by atoms with Crippen molar-refractivity contribution in [3.05, 3.63) is 169 Å². The molecule has 0 radical (unpaired) electrons. The molecule has 9 rings (SSSR count). The number of ether oxygens (including phenoxy) is 1. The van der Waals surface area contributed by atoms with Gasteiger partial charge in [-0.3, -0.25) is 30.3 Å². The Morgan fingerprint density at radius 2 is 0.819 bits per heavy atom. The third-order valence-electron chi connectivity index (χ3n) is 10.2. The monoisotopic (exact) mass is 1290 g/mol. The first-order chi connectivity index (χ1) is 39.1. The number of hydrogen-bond acceptors (Lipinski definition) is 16. The van der Waals surface area contributed by atoms with Crippen LogP contribution in [0, 0.1) is 13.8 Å². The predicted molar refractivity (Wildman–Crippen MR) is 294 cm³/mol. The highest BCUT2D eigenvalue weighted by Gasteiger charge is 2.31. The first kappa shape index (κ1) is 63.1. The summed E-state index contributed by atoms with van der Waals surface area (Å²) in [5.74, 6) is -1.11. The number of carbonyl (C=O) groups excluding carboxylic acids is 3. The van der Waals surface area contributed by atoms with Gasteiger partial charge in [-0.15, -0.1) is 15.3 Å². The number of anilines is 3. The Bertz CT molecular complexity index is 3720. The van der Waals surface area contributed by atoms with Gasteiger partial charge < -0.3 is 18.0 Å². The van der Waals surface area contributed by atoms with E-state index >= 15 is 0 Å². The largest absolute Gasteiger partial charge is 0.494 e. The lowest BCUT2D eigenvalue weighted by Crippen LogP contribution is -2.12. The Morgan fingerprint density at radius 3 is 1.18 bits per heavy atom. The quantitative estimate of drug-likeness (QED) is 0.0723. The van der Waals surface area contributed by atoms with Crippen molar-refractivity contribution in [2.45, 2.75) is 45.1 Å². The number of alkyl halides is 9. The van der Waals surface area contributed by atoms with E-state index in [0.717, 1.165) is 11.1 Å². The highest BCUT2D eigenvalue weighted by Crippen LogP contribution is 2.40. The highest BCUT2D eigenvalue weighted by molar-refractivity contribution is 8.00. The molecule has 3 amide bonds. The van der Waals surface area contributed by atoms with Crippen molar-refractivity contribution in [1.29, 1.82) is 0 Å². The number of aryl methyl sites for hydroxylation is 2. The van der Waals surface area contributed by atoms with Crippen molar-refractivity contribution in [3.8, 4) is 40.1 Å². The molecule has 3 heterocycles. The van der Waals surface area contributed by atoms with E-state index in [1.165, 1.54) is 92.0 Å². The molecule has 83 heavy (non-hydrogen) atoms. The van der Waals surface area contributed by atoms with Gasteiger partial charge in [0.05, 0.1) is 17.2 Å². The lowest BCUT2D eigenvalue weighted by molar-refractivity contribution is -0.0337. The second-order valence-electron chi connectivity index (χ2n) is 16.3. The number of carbonyl (C=O) groups is 3. The number of nitrogens with zero attached hydrogens (tertiary/aromatic N) is 6. The molecule has 0 unspecified atom stereocenters. The Kier molecular flexibility index (Phi) is 20.7. The van der Waals surface area contributed by atoms with Crippen LogP contribution in [0.3, 0.4) is 0 Å². The van der Waals surface area contributed by atoms with Gasteiger partial charge in [0, 0.05) is 58.1 Å². The molecule has 0 bridgehead atoms. The molecule has 0 saturated carbocycles. The fraction of sp³-hybridized carbons (Fsp3) is 0.118. The van der Waals surface area contributed by atoms with E-state index in [2.05, 4.69) is 46.5 Å². The second-order valence-corrected chi connectivity index (χ2v) is 21.4. The van der Waals surface area contributed by atoms with Crippen LogP contribution in [-0.4, -0.2) is 71.9 Å².